The molecule has 0 saturated heterocycles. The fourth-order valence-corrected chi connectivity index (χ4v) is 1.38. The molecule has 1 heterocycles. The number of hydrogen-bond acceptors (Lipinski definition) is 4. The summed E-state index contributed by atoms with van der Waals surface area (Å²) in [4.78, 5) is 4.23. The average Bonchev–Trinajstić information content (AvgIpc) is 2.29. The van der Waals surface area contributed by atoms with Crippen molar-refractivity contribution in [1.29, 1.82) is 0 Å². The van der Waals surface area contributed by atoms with Gasteiger partial charge in [-0.15, -0.1) is 0 Å². The molecule has 0 amide bonds. The maximum absolute atomic E-state index is 5.67. The highest BCUT2D eigenvalue weighted by atomic mass is 16.5. The second-order valence-electron chi connectivity index (χ2n) is 4.81. The van der Waals surface area contributed by atoms with E-state index in [1.807, 2.05) is 39.0 Å². The number of nitrogens with zero attached hydrogens (tertiary/aromatic N) is 1. The highest BCUT2D eigenvalue weighted by Gasteiger charge is 2.13. The largest absolute Gasteiger partial charge is 0.373 e. The lowest BCUT2D eigenvalue weighted by Crippen LogP contribution is -2.24. The van der Waals surface area contributed by atoms with Crippen LogP contribution >= 0.6 is 0 Å². The SMILES string of the molecule is CC(C)(C)OCCOC(CN)c1ccccn1. The Morgan fingerprint density at radius 1 is 1.29 bits per heavy atom. The van der Waals surface area contributed by atoms with Gasteiger partial charge in [-0.05, 0) is 32.9 Å². The van der Waals surface area contributed by atoms with Crippen molar-refractivity contribution in [2.75, 3.05) is 19.8 Å². The van der Waals surface area contributed by atoms with Crippen molar-refractivity contribution in [3.05, 3.63) is 30.1 Å². The Kier molecular flexibility index (Phi) is 5.55. The van der Waals surface area contributed by atoms with Gasteiger partial charge in [0.2, 0.25) is 0 Å². The van der Waals surface area contributed by atoms with E-state index in [9.17, 15) is 0 Å². The first kappa shape index (κ1) is 14.1. The van der Waals surface area contributed by atoms with Gasteiger partial charge >= 0.3 is 0 Å². The Bertz CT molecular complexity index is 309. The molecule has 0 bridgehead atoms. The standard InChI is InChI=1S/C13H22N2O2/c1-13(2,3)17-9-8-16-12(10-14)11-6-4-5-7-15-11/h4-7,12H,8-10,14H2,1-3H3. The molecule has 0 aliphatic rings. The van der Waals surface area contributed by atoms with Gasteiger partial charge in [0.25, 0.3) is 0 Å². The number of hydrogen-bond donors (Lipinski definition) is 1. The molecule has 0 aromatic carbocycles. The first-order chi connectivity index (χ1) is 8.03. The number of rotatable bonds is 6. The van der Waals surface area contributed by atoms with Crippen LogP contribution in [0.1, 0.15) is 32.6 Å². The van der Waals surface area contributed by atoms with Crippen molar-refractivity contribution in [1.82, 2.24) is 4.98 Å². The molecule has 2 N–H and O–H groups in total. The predicted octanol–water partition coefficient (Wildman–Crippen LogP) is 1.91. The maximum Gasteiger partial charge on any atom is 0.112 e. The van der Waals surface area contributed by atoms with E-state index < -0.39 is 0 Å². The van der Waals surface area contributed by atoms with Crippen LogP contribution in [0.15, 0.2) is 24.4 Å². The van der Waals surface area contributed by atoms with Gasteiger partial charge in [-0.3, -0.25) is 4.98 Å². The van der Waals surface area contributed by atoms with Crippen LogP contribution in [0.3, 0.4) is 0 Å². The second kappa shape index (κ2) is 6.69. The van der Waals surface area contributed by atoms with Crippen LogP contribution in [0.5, 0.6) is 0 Å². The third-order valence-corrected chi connectivity index (χ3v) is 2.17. The van der Waals surface area contributed by atoms with Crippen LogP contribution in [0.2, 0.25) is 0 Å². The van der Waals surface area contributed by atoms with Gasteiger partial charge < -0.3 is 15.2 Å². The fraction of sp³-hybridized carbons (Fsp3) is 0.615. The molecule has 4 nitrogen and oxygen atoms in total. The lowest BCUT2D eigenvalue weighted by molar-refractivity contribution is -0.0512. The summed E-state index contributed by atoms with van der Waals surface area (Å²) < 4.78 is 11.2. The minimum atomic E-state index is -0.153. The van der Waals surface area contributed by atoms with E-state index >= 15 is 0 Å². The Hall–Kier alpha value is -0.970. The summed E-state index contributed by atoms with van der Waals surface area (Å²) in [5, 5.41) is 0. The summed E-state index contributed by atoms with van der Waals surface area (Å²) >= 11 is 0. The molecular weight excluding hydrogens is 216 g/mol. The summed E-state index contributed by atoms with van der Waals surface area (Å²) in [6.45, 7) is 7.57. The third-order valence-electron chi connectivity index (χ3n) is 2.17. The number of pyridine rings is 1. The normalized spacial score (nSPS) is 13.6. The van der Waals surface area contributed by atoms with Crippen molar-refractivity contribution in [2.45, 2.75) is 32.5 Å². The maximum atomic E-state index is 5.67. The zero-order chi connectivity index (χ0) is 12.7. The Morgan fingerprint density at radius 3 is 2.59 bits per heavy atom. The minimum Gasteiger partial charge on any atom is -0.373 e. The summed E-state index contributed by atoms with van der Waals surface area (Å²) in [7, 11) is 0. The Morgan fingerprint density at radius 2 is 2.06 bits per heavy atom. The van der Waals surface area contributed by atoms with E-state index in [0.29, 0.717) is 19.8 Å². The zero-order valence-electron chi connectivity index (χ0n) is 10.8. The monoisotopic (exact) mass is 238 g/mol. The van der Waals surface area contributed by atoms with Gasteiger partial charge in [0, 0.05) is 12.7 Å². The van der Waals surface area contributed by atoms with E-state index in [1.54, 1.807) is 6.20 Å². The number of aromatic nitrogens is 1. The molecule has 17 heavy (non-hydrogen) atoms. The van der Waals surface area contributed by atoms with Crippen molar-refractivity contribution in [2.24, 2.45) is 5.73 Å². The lowest BCUT2D eigenvalue weighted by atomic mass is 10.2. The van der Waals surface area contributed by atoms with Gasteiger partial charge in [0.15, 0.2) is 0 Å². The summed E-state index contributed by atoms with van der Waals surface area (Å²) in [5.41, 5.74) is 6.40. The van der Waals surface area contributed by atoms with Crippen LogP contribution in [-0.2, 0) is 9.47 Å². The average molecular weight is 238 g/mol. The highest BCUT2D eigenvalue weighted by Crippen LogP contribution is 2.13. The smallest absolute Gasteiger partial charge is 0.112 e. The molecule has 96 valence electrons. The summed E-state index contributed by atoms with van der Waals surface area (Å²) in [6, 6.07) is 5.72. The second-order valence-corrected chi connectivity index (χ2v) is 4.81. The van der Waals surface area contributed by atoms with Crippen molar-refractivity contribution in [3.8, 4) is 0 Å². The Labute approximate surface area is 103 Å². The van der Waals surface area contributed by atoms with Crippen LogP contribution in [-0.4, -0.2) is 30.3 Å². The highest BCUT2D eigenvalue weighted by molar-refractivity contribution is 5.07. The van der Waals surface area contributed by atoms with Gasteiger partial charge in [-0.2, -0.15) is 0 Å². The summed E-state index contributed by atoms with van der Waals surface area (Å²) in [5.74, 6) is 0. The van der Waals surface area contributed by atoms with Crippen molar-refractivity contribution < 1.29 is 9.47 Å². The molecule has 1 aromatic rings. The quantitative estimate of drug-likeness (QED) is 0.769. The molecule has 1 atom stereocenters. The molecule has 0 spiro atoms. The minimum absolute atomic E-state index is 0.132. The third kappa shape index (κ3) is 5.77. The van der Waals surface area contributed by atoms with Crippen LogP contribution in [0.4, 0.5) is 0 Å². The summed E-state index contributed by atoms with van der Waals surface area (Å²) in [6.07, 6.45) is 1.59. The first-order valence-electron chi connectivity index (χ1n) is 5.89. The number of ether oxygens (including phenoxy) is 2. The van der Waals surface area contributed by atoms with E-state index in [-0.39, 0.29) is 11.7 Å². The molecular formula is C13H22N2O2. The van der Waals surface area contributed by atoms with Crippen molar-refractivity contribution >= 4 is 0 Å². The van der Waals surface area contributed by atoms with E-state index in [0.717, 1.165) is 5.69 Å². The van der Waals surface area contributed by atoms with Crippen LogP contribution in [0, 0.1) is 0 Å². The molecule has 1 unspecified atom stereocenters. The molecule has 1 rings (SSSR count). The molecule has 0 radical (unpaired) electrons. The topological polar surface area (TPSA) is 57.4 Å². The lowest BCUT2D eigenvalue weighted by Gasteiger charge is -2.21. The number of nitrogens with two attached hydrogens (primary N) is 1. The van der Waals surface area contributed by atoms with Gasteiger partial charge in [-0.1, -0.05) is 6.07 Å². The predicted molar refractivity (Wildman–Crippen MR) is 67.7 cm³/mol. The molecule has 0 aliphatic heterocycles. The molecule has 4 heteroatoms. The van der Waals surface area contributed by atoms with Gasteiger partial charge in [-0.25, -0.2) is 0 Å². The first-order valence-corrected chi connectivity index (χ1v) is 5.89. The van der Waals surface area contributed by atoms with E-state index in [2.05, 4.69) is 4.98 Å². The molecule has 1 aromatic heterocycles. The fourth-order valence-electron chi connectivity index (χ4n) is 1.38. The van der Waals surface area contributed by atoms with Gasteiger partial charge in [0.05, 0.1) is 24.5 Å². The Balaban J connectivity index is 2.34. The zero-order valence-corrected chi connectivity index (χ0v) is 10.8. The van der Waals surface area contributed by atoms with Crippen molar-refractivity contribution in [3.63, 3.8) is 0 Å². The molecule has 0 fully saturated rings. The van der Waals surface area contributed by atoms with E-state index in [4.69, 9.17) is 15.2 Å². The molecule has 0 saturated carbocycles. The van der Waals surface area contributed by atoms with Crippen LogP contribution in [0.25, 0.3) is 0 Å². The van der Waals surface area contributed by atoms with Gasteiger partial charge in [0.1, 0.15) is 6.10 Å². The molecule has 0 aliphatic carbocycles. The van der Waals surface area contributed by atoms with Crippen LogP contribution < -0.4 is 5.73 Å². The van der Waals surface area contributed by atoms with E-state index in [1.165, 1.54) is 0 Å².